The predicted octanol–water partition coefficient (Wildman–Crippen LogP) is 4.91. The molecule has 0 N–H and O–H groups in total. The molecule has 0 fully saturated rings. The number of hydrogen-bond acceptors (Lipinski definition) is 4. The molecule has 4 heterocycles. The maximum absolute atomic E-state index is 4.89. The molecular weight excluding hydrogens is 346 g/mol. The summed E-state index contributed by atoms with van der Waals surface area (Å²) in [6.07, 6.45) is 1.80. The number of rotatable bonds is 1. The van der Waals surface area contributed by atoms with Gasteiger partial charge < -0.3 is 0 Å². The van der Waals surface area contributed by atoms with Crippen LogP contribution in [0.2, 0.25) is 0 Å². The maximum Gasteiger partial charge on any atom is 0.170 e. The first-order valence-corrected chi connectivity index (χ1v) is 9.18. The second kappa shape index (κ2) is 5.57. The van der Waals surface area contributed by atoms with Crippen LogP contribution in [-0.4, -0.2) is 24.6 Å². The highest BCUT2D eigenvalue weighted by molar-refractivity contribution is 5.98. The van der Waals surface area contributed by atoms with Crippen molar-refractivity contribution in [3.05, 3.63) is 78.5 Å². The first-order chi connectivity index (χ1) is 13.8. The Balaban J connectivity index is 1.85. The first kappa shape index (κ1) is 15.2. The van der Waals surface area contributed by atoms with E-state index < -0.39 is 0 Å². The number of hydrogen-bond donors (Lipinski definition) is 0. The van der Waals surface area contributed by atoms with E-state index in [1.54, 1.807) is 6.20 Å². The lowest BCUT2D eigenvalue weighted by Crippen LogP contribution is -2.05. The molecule has 0 spiro atoms. The van der Waals surface area contributed by atoms with E-state index in [0.717, 1.165) is 50.2 Å². The van der Waals surface area contributed by atoms with Gasteiger partial charge in [0.15, 0.2) is 11.5 Å². The molecule has 0 saturated heterocycles. The summed E-state index contributed by atoms with van der Waals surface area (Å²) in [6, 6.07) is 22.6. The number of aryl methyl sites for hydroxylation is 1. The van der Waals surface area contributed by atoms with Crippen molar-refractivity contribution in [2.75, 3.05) is 0 Å². The Morgan fingerprint density at radius 1 is 0.821 bits per heavy atom. The zero-order valence-electron chi connectivity index (χ0n) is 15.2. The second-order valence-corrected chi connectivity index (χ2v) is 7.00. The molecule has 6 rings (SSSR count). The molecule has 2 aliphatic heterocycles. The molecule has 4 aromatic rings. The van der Waals surface area contributed by atoms with Gasteiger partial charge >= 0.3 is 0 Å². The van der Waals surface area contributed by atoms with Crippen LogP contribution in [-0.2, 0) is 0 Å². The van der Waals surface area contributed by atoms with Crippen LogP contribution in [0.15, 0.2) is 72.9 Å². The van der Waals surface area contributed by atoms with Crippen molar-refractivity contribution in [3.8, 4) is 22.6 Å². The highest BCUT2D eigenvalue weighted by atomic mass is 15.2. The van der Waals surface area contributed by atoms with Crippen molar-refractivity contribution in [1.82, 2.24) is 24.6 Å². The molecule has 0 aliphatic carbocycles. The number of nitrogens with zero attached hydrogens (tertiary/aromatic N) is 5. The van der Waals surface area contributed by atoms with Gasteiger partial charge in [-0.15, -0.1) is 10.2 Å². The van der Waals surface area contributed by atoms with Gasteiger partial charge in [0.05, 0.1) is 5.52 Å². The van der Waals surface area contributed by atoms with Crippen molar-refractivity contribution >= 4 is 27.6 Å². The smallest absolute Gasteiger partial charge is 0.170 e. The van der Waals surface area contributed by atoms with Crippen LogP contribution < -0.4 is 0 Å². The molecule has 5 nitrogen and oxygen atoms in total. The number of aromatic nitrogens is 5. The molecule has 0 radical (unpaired) electrons. The summed E-state index contributed by atoms with van der Waals surface area (Å²) in [7, 11) is 0. The van der Waals surface area contributed by atoms with Crippen molar-refractivity contribution in [2.24, 2.45) is 0 Å². The molecule has 132 valence electrons. The van der Waals surface area contributed by atoms with Crippen molar-refractivity contribution in [2.45, 2.75) is 6.92 Å². The van der Waals surface area contributed by atoms with Crippen LogP contribution in [0.4, 0.5) is 0 Å². The molecule has 5 heteroatoms. The molecule has 0 atom stereocenters. The topological polar surface area (TPSA) is 56.0 Å². The van der Waals surface area contributed by atoms with Crippen LogP contribution in [0.5, 0.6) is 0 Å². The van der Waals surface area contributed by atoms with Crippen LogP contribution >= 0.6 is 0 Å². The third kappa shape index (κ3) is 2.07. The third-order valence-electron chi connectivity index (χ3n) is 5.17. The average molecular weight is 361 g/mol. The first-order valence-electron chi connectivity index (χ1n) is 9.18. The number of fused-ring (bicyclic) bond motifs is 7. The van der Waals surface area contributed by atoms with E-state index in [9.17, 15) is 0 Å². The van der Waals surface area contributed by atoms with Gasteiger partial charge in [-0.3, -0.25) is 4.40 Å². The van der Waals surface area contributed by atoms with Crippen LogP contribution in [0.25, 0.3) is 50.2 Å². The van der Waals surface area contributed by atoms with Gasteiger partial charge in [-0.2, -0.15) is 0 Å². The summed E-state index contributed by atoms with van der Waals surface area (Å²) in [4.78, 5) is 9.53. The monoisotopic (exact) mass is 361 g/mol. The maximum atomic E-state index is 4.89. The van der Waals surface area contributed by atoms with E-state index >= 15 is 0 Å². The Labute approximate surface area is 160 Å². The number of benzene rings is 2. The Morgan fingerprint density at radius 3 is 2.61 bits per heavy atom. The van der Waals surface area contributed by atoms with E-state index in [0.29, 0.717) is 0 Å². The van der Waals surface area contributed by atoms with E-state index in [2.05, 4.69) is 58.5 Å². The van der Waals surface area contributed by atoms with Gasteiger partial charge in [0, 0.05) is 22.5 Å². The van der Waals surface area contributed by atoms with Crippen molar-refractivity contribution in [1.29, 1.82) is 0 Å². The van der Waals surface area contributed by atoms with Crippen molar-refractivity contribution in [3.63, 3.8) is 0 Å². The van der Waals surface area contributed by atoms with Gasteiger partial charge in [0.1, 0.15) is 11.3 Å². The Bertz CT molecular complexity index is 1470. The minimum atomic E-state index is 0.754. The molecule has 28 heavy (non-hydrogen) atoms. The third-order valence-corrected chi connectivity index (χ3v) is 5.17. The summed E-state index contributed by atoms with van der Waals surface area (Å²) < 4.78 is 2.04. The fraction of sp³-hybridized carbons (Fsp3) is 0.0435. The molecule has 2 aromatic heterocycles. The second-order valence-electron chi connectivity index (χ2n) is 7.00. The minimum Gasteiger partial charge on any atom is -0.258 e. The standard InChI is InChI=1S/C23H15N5/c1-14-9-10-19-18(12-14)20-23(25-19)28-21-16(8-5-11-24-21)13-17(22(28)27-26-20)15-6-3-2-4-7-15/h2-13H,1H3. The fourth-order valence-electron chi connectivity index (χ4n) is 3.86. The SMILES string of the molecule is Cc1ccc2nc3n4c(nnc-3c2c1)c(-c1ccccc1)cc1cccnc14. The lowest BCUT2D eigenvalue weighted by molar-refractivity contribution is 0.976. The van der Waals surface area contributed by atoms with Gasteiger partial charge in [-0.25, -0.2) is 9.97 Å². The van der Waals surface area contributed by atoms with Crippen molar-refractivity contribution < 1.29 is 0 Å². The zero-order valence-corrected chi connectivity index (χ0v) is 15.2. The Hall–Kier alpha value is -3.86. The average Bonchev–Trinajstić information content (AvgIpc) is 3.11. The van der Waals surface area contributed by atoms with Gasteiger partial charge in [-0.1, -0.05) is 42.0 Å². The van der Waals surface area contributed by atoms with Gasteiger partial charge in [-0.05, 0) is 42.8 Å². The molecule has 2 aliphatic rings. The summed E-state index contributed by atoms with van der Waals surface area (Å²) in [5.74, 6) is 0.784. The summed E-state index contributed by atoms with van der Waals surface area (Å²) >= 11 is 0. The van der Waals surface area contributed by atoms with Gasteiger partial charge in [0.2, 0.25) is 0 Å². The van der Waals surface area contributed by atoms with Crippen LogP contribution in [0, 0.1) is 6.92 Å². The summed E-state index contributed by atoms with van der Waals surface area (Å²) in [5.41, 5.74) is 6.58. The quantitative estimate of drug-likeness (QED) is 0.391. The fourth-order valence-corrected chi connectivity index (χ4v) is 3.86. The molecule has 0 saturated carbocycles. The van der Waals surface area contributed by atoms with Gasteiger partial charge in [0.25, 0.3) is 0 Å². The Kier molecular flexibility index (Phi) is 3.03. The minimum absolute atomic E-state index is 0.754. The Morgan fingerprint density at radius 2 is 1.71 bits per heavy atom. The lowest BCUT2D eigenvalue weighted by Gasteiger charge is -2.13. The molecule has 0 bridgehead atoms. The van der Waals surface area contributed by atoms with E-state index in [1.165, 1.54) is 5.56 Å². The van der Waals surface area contributed by atoms with E-state index in [1.807, 2.05) is 34.7 Å². The predicted molar refractivity (Wildman–Crippen MR) is 110 cm³/mol. The highest BCUT2D eigenvalue weighted by Gasteiger charge is 2.21. The largest absolute Gasteiger partial charge is 0.258 e. The molecule has 2 aromatic carbocycles. The zero-order chi connectivity index (χ0) is 18.7. The van der Waals surface area contributed by atoms with Crippen LogP contribution in [0.1, 0.15) is 5.56 Å². The molecular formula is C23H15N5. The molecule has 0 unspecified atom stereocenters. The van der Waals surface area contributed by atoms with Crippen LogP contribution in [0.3, 0.4) is 0 Å². The highest BCUT2D eigenvalue weighted by Crippen LogP contribution is 2.34. The number of pyridine rings is 2. The lowest BCUT2D eigenvalue weighted by atomic mass is 10.1. The summed E-state index contributed by atoms with van der Waals surface area (Å²) in [5, 5.41) is 11.2. The summed E-state index contributed by atoms with van der Waals surface area (Å²) in [6.45, 7) is 2.07. The molecule has 0 amide bonds. The normalized spacial score (nSPS) is 11.8. The van der Waals surface area contributed by atoms with E-state index in [4.69, 9.17) is 4.98 Å². The van der Waals surface area contributed by atoms with E-state index in [-0.39, 0.29) is 0 Å².